The summed E-state index contributed by atoms with van der Waals surface area (Å²) in [4.78, 5) is 5.83. The molecule has 2 aromatic carbocycles. The van der Waals surface area contributed by atoms with Crippen molar-refractivity contribution in [2.45, 2.75) is 58.3 Å². The number of hydrogen-bond donors (Lipinski definition) is 11. The summed E-state index contributed by atoms with van der Waals surface area (Å²) in [5.41, 5.74) is -1.25. The Morgan fingerprint density at radius 1 is 0.957 bits per heavy atom. The van der Waals surface area contributed by atoms with Crippen molar-refractivity contribution in [2.24, 2.45) is 0 Å². The molecule has 252 valence electrons. The first-order valence-electron chi connectivity index (χ1n) is 13.6. The number of benzene rings is 2. The van der Waals surface area contributed by atoms with E-state index in [-0.39, 0.29) is 5.69 Å². The minimum absolute atomic E-state index is 0.0386. The van der Waals surface area contributed by atoms with Gasteiger partial charge in [-0.2, -0.15) is 0 Å². The molecule has 4 heterocycles. The molecule has 0 amide bonds. The van der Waals surface area contributed by atoms with E-state index in [0.29, 0.717) is 31.5 Å². The third-order valence-electron chi connectivity index (χ3n) is 7.94. The summed E-state index contributed by atoms with van der Waals surface area (Å²) >= 11 is 18.6. The van der Waals surface area contributed by atoms with E-state index in [1.165, 1.54) is 6.07 Å². The van der Waals surface area contributed by atoms with Gasteiger partial charge in [-0.15, -0.1) is 0 Å². The van der Waals surface area contributed by atoms with E-state index in [9.17, 15) is 46.0 Å². The van der Waals surface area contributed by atoms with Crippen LogP contribution in [-0.2, 0) is 15.1 Å². The van der Waals surface area contributed by atoms with Crippen LogP contribution in [0.25, 0.3) is 21.8 Å². The summed E-state index contributed by atoms with van der Waals surface area (Å²) in [6, 6.07) is 12.1. The number of fused-ring (bicyclic) bond motifs is 2. The molecule has 0 radical (unpaired) electrons. The average Bonchev–Trinajstić information content (AvgIpc) is 3.66. The largest absolute Gasteiger partial charge is 0.460 e. The lowest BCUT2D eigenvalue weighted by atomic mass is 9.80. The molecule has 2 fully saturated rings. The molecule has 6 rings (SSSR count). The van der Waals surface area contributed by atoms with Crippen LogP contribution in [0.15, 0.2) is 53.1 Å². The summed E-state index contributed by atoms with van der Waals surface area (Å²) in [5, 5.41) is 89.1. The van der Waals surface area contributed by atoms with E-state index in [0.717, 1.165) is 5.52 Å². The van der Waals surface area contributed by atoms with Gasteiger partial charge < -0.3 is 70.1 Å². The Kier molecular flexibility index (Phi) is 10.4. The molecule has 0 unspecified atom stereocenters. The zero-order chi connectivity index (χ0) is 33.8. The second-order valence-electron chi connectivity index (χ2n) is 10.8. The number of H-pyrrole nitrogens is 2. The molecule has 18 heteroatoms. The van der Waals surface area contributed by atoms with Crippen molar-refractivity contribution in [3.05, 3.63) is 63.9 Å². The minimum Gasteiger partial charge on any atom is -0.460 e. The van der Waals surface area contributed by atoms with Gasteiger partial charge in [0.15, 0.2) is 16.4 Å². The molecule has 46 heavy (non-hydrogen) atoms. The molecular weight excluding hydrogens is 787 g/mol. The lowest BCUT2D eigenvalue weighted by Gasteiger charge is -2.54. The lowest BCUT2D eigenvalue weighted by Crippen LogP contribution is -2.74. The Morgan fingerprint density at radius 2 is 1.65 bits per heavy atom. The van der Waals surface area contributed by atoms with Crippen LogP contribution in [0.5, 0.6) is 5.75 Å². The van der Waals surface area contributed by atoms with E-state index in [1.807, 2.05) is 0 Å². The van der Waals surface area contributed by atoms with Gasteiger partial charge >= 0.3 is 0 Å². The molecule has 0 aliphatic carbocycles. The zero-order valence-corrected chi connectivity index (χ0v) is 28.0. The van der Waals surface area contributed by atoms with Gasteiger partial charge in [0.1, 0.15) is 36.3 Å². The normalized spacial score (nSPS) is 36.4. The first kappa shape index (κ1) is 35.7. The monoisotopic (exact) mass is 814 g/mol. The van der Waals surface area contributed by atoms with Crippen LogP contribution in [0, 0.1) is 0 Å². The smallest absolute Gasteiger partial charge is 0.229 e. The number of aliphatic hydroxyl groups is 9. The highest BCUT2D eigenvalue weighted by Crippen LogP contribution is 2.54. The number of para-hydroxylation sites is 1. The van der Waals surface area contributed by atoms with Gasteiger partial charge in [-0.3, -0.25) is 0 Å². The molecular formula is C28H30Br2Cl2N2O12. The van der Waals surface area contributed by atoms with Crippen molar-refractivity contribution < 1.29 is 60.2 Å². The van der Waals surface area contributed by atoms with Gasteiger partial charge in [-0.1, -0.05) is 41.4 Å². The van der Waals surface area contributed by atoms with Crippen molar-refractivity contribution in [2.75, 3.05) is 13.2 Å². The number of aliphatic hydroxyl groups excluding tert-OH is 7. The van der Waals surface area contributed by atoms with Gasteiger partial charge in [-0.05, 0) is 61.5 Å². The Labute approximate surface area is 286 Å². The number of aromatic nitrogens is 2. The fourth-order valence-electron chi connectivity index (χ4n) is 5.29. The second-order valence-corrected chi connectivity index (χ2v) is 13.8. The van der Waals surface area contributed by atoms with E-state index in [1.54, 1.807) is 42.6 Å². The zero-order valence-electron chi connectivity index (χ0n) is 23.3. The van der Waals surface area contributed by atoms with E-state index in [2.05, 4.69) is 41.8 Å². The Bertz CT molecular complexity index is 1660. The van der Waals surface area contributed by atoms with Crippen LogP contribution in [0.4, 0.5) is 0 Å². The molecule has 0 bridgehead atoms. The van der Waals surface area contributed by atoms with Gasteiger partial charge in [0.25, 0.3) is 0 Å². The summed E-state index contributed by atoms with van der Waals surface area (Å²) < 4.78 is 14.5. The molecule has 2 aliphatic heterocycles. The van der Waals surface area contributed by atoms with Crippen LogP contribution in [0.3, 0.4) is 0 Å². The van der Waals surface area contributed by atoms with Crippen LogP contribution < -0.4 is 4.74 Å². The third kappa shape index (κ3) is 5.86. The maximum absolute atomic E-state index is 11.0. The first-order chi connectivity index (χ1) is 21.6. The van der Waals surface area contributed by atoms with Crippen molar-refractivity contribution >= 4 is 76.9 Å². The fraction of sp³-hybridized carbons (Fsp3) is 0.429. The van der Waals surface area contributed by atoms with Gasteiger partial charge in [-0.25, -0.2) is 0 Å². The molecule has 0 saturated carbocycles. The maximum Gasteiger partial charge on any atom is 0.229 e. The molecule has 10 atom stereocenters. The summed E-state index contributed by atoms with van der Waals surface area (Å²) in [6.07, 6.45) is -9.06. The Balaban J connectivity index is 0.000000181. The second kappa shape index (κ2) is 13.4. The minimum atomic E-state index is -2.70. The molecule has 2 aliphatic rings. The van der Waals surface area contributed by atoms with E-state index >= 15 is 0 Å². The predicted octanol–water partition coefficient (Wildman–Crippen LogP) is 0.838. The van der Waals surface area contributed by atoms with Crippen molar-refractivity contribution in [1.29, 1.82) is 0 Å². The number of aromatic amines is 2. The average molecular weight is 817 g/mol. The molecule has 14 nitrogen and oxygen atoms in total. The number of nitrogens with one attached hydrogen (secondary N) is 2. The standard InChI is InChI=1S/2C14H15BrClNO6/c15-5-1-2-6-9(10(5)16)7(3-17-6)22-14-13(21)12(20)11(19)8(4-18)23-14;15-12(6-18)14(16,22)13(21,10(19)11(20)23-12)9-5-7-3-1-2-4-8(7)17-9/h1-3,8,11-14,17-21H,4H2;1-5,10-11,17-22H,6H2/t8-,11+,12+,13-,14-;10-,11+,12+,13+,14-/m10/s1. The number of rotatable bonds is 5. The highest BCUT2D eigenvalue weighted by atomic mass is 79.9. The summed E-state index contributed by atoms with van der Waals surface area (Å²) in [7, 11) is 0. The van der Waals surface area contributed by atoms with Crippen molar-refractivity contribution in [3.63, 3.8) is 0 Å². The van der Waals surface area contributed by atoms with Crippen LogP contribution in [-0.4, -0.2) is 122 Å². The topological polar surface area (TPSA) is 241 Å². The highest BCUT2D eigenvalue weighted by molar-refractivity contribution is 9.10. The van der Waals surface area contributed by atoms with Crippen LogP contribution >= 0.6 is 55.1 Å². The van der Waals surface area contributed by atoms with Gasteiger partial charge in [0, 0.05) is 16.2 Å². The molecule has 11 N–H and O–H groups in total. The molecule has 0 spiro atoms. The quantitative estimate of drug-likeness (QED) is 0.126. The molecule has 2 saturated heterocycles. The number of halogens is 4. The van der Waals surface area contributed by atoms with Crippen LogP contribution in [0.2, 0.25) is 5.02 Å². The maximum atomic E-state index is 11.0. The highest BCUT2D eigenvalue weighted by Gasteiger charge is 2.71. The van der Waals surface area contributed by atoms with Crippen LogP contribution in [0.1, 0.15) is 5.69 Å². The first-order valence-corrected chi connectivity index (χ1v) is 15.9. The van der Waals surface area contributed by atoms with E-state index in [4.69, 9.17) is 37.4 Å². The van der Waals surface area contributed by atoms with E-state index < -0.39 is 71.5 Å². The molecule has 2 aromatic heterocycles. The number of ether oxygens (including phenoxy) is 3. The van der Waals surface area contributed by atoms with Gasteiger partial charge in [0.2, 0.25) is 11.4 Å². The Morgan fingerprint density at radius 3 is 2.30 bits per heavy atom. The summed E-state index contributed by atoms with van der Waals surface area (Å²) in [5.74, 6) is 0.315. The SMILES string of the molecule is OC[C@@]1(Br)O[C@@H](O)[C@H](O)[C@](O)(c2cc3ccccc3[nH]2)[C@]1(O)Cl.OC[C@H]1O[C@@H](Oc2c[nH]c3ccc(Br)c(Cl)c23)[C@H](O)[C@@H](O)[C@H]1O. The molecule has 4 aromatic rings. The third-order valence-corrected chi connectivity index (χ3v) is 11.1. The predicted molar refractivity (Wildman–Crippen MR) is 170 cm³/mol. The Hall–Kier alpha value is -1.58. The number of hydrogen-bond acceptors (Lipinski definition) is 12. The van der Waals surface area contributed by atoms with Crippen molar-refractivity contribution in [3.8, 4) is 5.75 Å². The summed E-state index contributed by atoms with van der Waals surface area (Å²) in [6.45, 7) is -1.40. The number of alkyl halides is 2. The fourth-order valence-corrected chi connectivity index (χ4v) is 6.69. The lowest BCUT2D eigenvalue weighted by molar-refractivity contribution is -0.349. The van der Waals surface area contributed by atoms with Crippen molar-refractivity contribution in [1.82, 2.24) is 9.97 Å². The van der Waals surface area contributed by atoms with Gasteiger partial charge in [0.05, 0.1) is 34.8 Å².